The summed E-state index contributed by atoms with van der Waals surface area (Å²) in [5.41, 5.74) is 3.64. The monoisotopic (exact) mass is 349 g/mol. The molecule has 0 saturated heterocycles. The van der Waals surface area contributed by atoms with E-state index >= 15 is 0 Å². The van der Waals surface area contributed by atoms with Crippen LogP contribution in [0.5, 0.6) is 0 Å². The minimum atomic E-state index is -0.372. The predicted molar refractivity (Wildman–Crippen MR) is 99.4 cm³/mol. The summed E-state index contributed by atoms with van der Waals surface area (Å²) < 4.78 is 4.68. The zero-order valence-electron chi connectivity index (χ0n) is 14.6. The zero-order chi connectivity index (χ0) is 18.4. The van der Waals surface area contributed by atoms with E-state index in [0.29, 0.717) is 23.9 Å². The Morgan fingerprint density at radius 3 is 2.62 bits per heavy atom. The first-order chi connectivity index (χ1) is 12.7. The van der Waals surface area contributed by atoms with Gasteiger partial charge < -0.3 is 15.4 Å². The van der Waals surface area contributed by atoms with E-state index in [0.717, 1.165) is 5.69 Å². The molecule has 132 valence electrons. The Kier molecular flexibility index (Phi) is 5.38. The van der Waals surface area contributed by atoms with Gasteiger partial charge in [0.15, 0.2) is 5.82 Å². The molecule has 0 atom stereocenters. The molecule has 7 heteroatoms. The van der Waals surface area contributed by atoms with Crippen LogP contribution < -0.4 is 10.6 Å². The predicted octanol–water partition coefficient (Wildman–Crippen LogP) is 3.32. The van der Waals surface area contributed by atoms with Crippen molar-refractivity contribution in [2.75, 3.05) is 17.7 Å². The average Bonchev–Trinajstić information content (AvgIpc) is 2.68. The third-order valence-corrected chi connectivity index (χ3v) is 3.84. The molecule has 3 rings (SSSR count). The summed E-state index contributed by atoms with van der Waals surface area (Å²) >= 11 is 0. The molecular weight excluding hydrogens is 330 g/mol. The third-order valence-electron chi connectivity index (χ3n) is 3.84. The summed E-state index contributed by atoms with van der Waals surface area (Å²) in [5.74, 6) is 0.616. The minimum Gasteiger partial charge on any atom is -0.465 e. The van der Waals surface area contributed by atoms with Gasteiger partial charge in [-0.1, -0.05) is 24.3 Å². The van der Waals surface area contributed by atoms with Gasteiger partial charge in [0.05, 0.1) is 18.9 Å². The van der Waals surface area contributed by atoms with Crippen molar-refractivity contribution >= 4 is 23.4 Å². The second kappa shape index (κ2) is 8.06. The number of benzene rings is 2. The highest BCUT2D eigenvalue weighted by Gasteiger charge is 2.06. The molecule has 7 nitrogen and oxygen atoms in total. The highest BCUT2D eigenvalue weighted by molar-refractivity contribution is 5.89. The zero-order valence-corrected chi connectivity index (χ0v) is 14.6. The lowest BCUT2D eigenvalue weighted by Gasteiger charge is -2.09. The molecule has 0 saturated carbocycles. The number of aryl methyl sites for hydroxylation is 1. The molecule has 2 N–H and O–H groups in total. The van der Waals surface area contributed by atoms with E-state index in [2.05, 4.69) is 49.6 Å². The minimum absolute atomic E-state index is 0.372. The Bertz CT molecular complexity index is 896. The van der Waals surface area contributed by atoms with Gasteiger partial charge in [0.1, 0.15) is 0 Å². The van der Waals surface area contributed by atoms with Gasteiger partial charge in [0.2, 0.25) is 5.95 Å². The Morgan fingerprint density at radius 1 is 1.12 bits per heavy atom. The van der Waals surface area contributed by atoms with Crippen molar-refractivity contribution in [3.8, 4) is 0 Å². The average molecular weight is 349 g/mol. The summed E-state index contributed by atoms with van der Waals surface area (Å²) in [5, 5.41) is 14.3. The first-order valence-electron chi connectivity index (χ1n) is 8.09. The van der Waals surface area contributed by atoms with Gasteiger partial charge in [-0.2, -0.15) is 10.1 Å². The van der Waals surface area contributed by atoms with Crippen molar-refractivity contribution in [1.29, 1.82) is 0 Å². The highest BCUT2D eigenvalue weighted by Crippen LogP contribution is 2.16. The van der Waals surface area contributed by atoms with Crippen LogP contribution in [0.1, 0.15) is 21.5 Å². The Hall–Kier alpha value is -3.48. The van der Waals surface area contributed by atoms with Gasteiger partial charge in [-0.3, -0.25) is 0 Å². The summed E-state index contributed by atoms with van der Waals surface area (Å²) in [7, 11) is 1.35. The molecule has 0 bridgehead atoms. The van der Waals surface area contributed by atoms with E-state index in [1.807, 2.05) is 12.1 Å². The summed E-state index contributed by atoms with van der Waals surface area (Å²) in [6.45, 7) is 2.68. The second-order valence-electron chi connectivity index (χ2n) is 5.64. The molecule has 0 aliphatic heterocycles. The molecule has 26 heavy (non-hydrogen) atoms. The van der Waals surface area contributed by atoms with Crippen LogP contribution in [-0.4, -0.2) is 28.3 Å². The molecule has 1 heterocycles. The normalized spacial score (nSPS) is 10.2. The van der Waals surface area contributed by atoms with Gasteiger partial charge >= 0.3 is 5.97 Å². The quantitative estimate of drug-likeness (QED) is 0.660. The van der Waals surface area contributed by atoms with Gasteiger partial charge in [-0.25, -0.2) is 4.79 Å². The lowest BCUT2D eigenvalue weighted by atomic mass is 10.1. The van der Waals surface area contributed by atoms with E-state index in [-0.39, 0.29) is 5.97 Å². The molecule has 3 aromatic rings. The number of esters is 1. The van der Waals surface area contributed by atoms with Crippen LogP contribution >= 0.6 is 0 Å². The van der Waals surface area contributed by atoms with Crippen LogP contribution in [-0.2, 0) is 11.3 Å². The van der Waals surface area contributed by atoms with E-state index in [4.69, 9.17) is 0 Å². The molecule has 0 aliphatic carbocycles. The lowest BCUT2D eigenvalue weighted by molar-refractivity contribution is 0.0601. The fraction of sp³-hybridized carbons (Fsp3) is 0.158. The number of rotatable bonds is 6. The largest absolute Gasteiger partial charge is 0.465 e. The molecule has 1 aromatic heterocycles. The number of carbonyl (C=O) groups is 1. The number of methoxy groups -OCH3 is 1. The number of hydrogen-bond donors (Lipinski definition) is 2. The molecule has 0 spiro atoms. The van der Waals surface area contributed by atoms with Crippen LogP contribution in [0.4, 0.5) is 17.5 Å². The number of nitrogens with one attached hydrogen (secondary N) is 2. The number of carbonyl (C=O) groups excluding carboxylic acids is 1. The summed E-state index contributed by atoms with van der Waals surface area (Å²) in [6, 6.07) is 15.0. The SMILES string of the molecule is COC(=O)c1ccc(Nc2cnnc(NCc3ccccc3C)n2)cc1. The molecule has 0 amide bonds. The number of anilines is 3. The van der Waals surface area contributed by atoms with E-state index in [9.17, 15) is 4.79 Å². The standard InChI is InChI=1S/C19H19N5O2/c1-13-5-3-4-6-15(13)11-20-19-23-17(12-21-24-19)22-16-9-7-14(8-10-16)18(25)26-2/h3-10,12H,11H2,1-2H3,(H2,20,22,23,24). The van der Waals surface area contributed by atoms with E-state index < -0.39 is 0 Å². The number of hydrogen-bond acceptors (Lipinski definition) is 7. The first kappa shape index (κ1) is 17.3. The van der Waals surface area contributed by atoms with Crippen LogP contribution in [0.2, 0.25) is 0 Å². The van der Waals surface area contributed by atoms with Gasteiger partial charge in [-0.05, 0) is 42.3 Å². The highest BCUT2D eigenvalue weighted by atomic mass is 16.5. The van der Waals surface area contributed by atoms with Crippen LogP contribution in [0.3, 0.4) is 0 Å². The maximum Gasteiger partial charge on any atom is 0.337 e. The molecule has 0 fully saturated rings. The fourth-order valence-corrected chi connectivity index (χ4v) is 2.38. The van der Waals surface area contributed by atoms with Gasteiger partial charge in [0.25, 0.3) is 0 Å². The van der Waals surface area contributed by atoms with Crippen molar-refractivity contribution in [2.24, 2.45) is 0 Å². The maximum absolute atomic E-state index is 11.5. The second-order valence-corrected chi connectivity index (χ2v) is 5.64. The third kappa shape index (κ3) is 4.32. The molecule has 2 aromatic carbocycles. The smallest absolute Gasteiger partial charge is 0.337 e. The molecule has 0 unspecified atom stereocenters. The van der Waals surface area contributed by atoms with Crippen molar-refractivity contribution in [3.63, 3.8) is 0 Å². The molecule has 0 aliphatic rings. The van der Waals surface area contributed by atoms with Crippen molar-refractivity contribution in [3.05, 3.63) is 71.4 Å². The Morgan fingerprint density at radius 2 is 1.88 bits per heavy atom. The number of aromatic nitrogens is 3. The van der Waals surface area contributed by atoms with Crippen molar-refractivity contribution in [1.82, 2.24) is 15.2 Å². The maximum atomic E-state index is 11.5. The summed E-state index contributed by atoms with van der Waals surface area (Å²) in [6.07, 6.45) is 1.53. The van der Waals surface area contributed by atoms with Crippen molar-refractivity contribution in [2.45, 2.75) is 13.5 Å². The molecule has 0 radical (unpaired) electrons. The van der Waals surface area contributed by atoms with Crippen LogP contribution in [0.15, 0.2) is 54.7 Å². The van der Waals surface area contributed by atoms with E-state index in [1.165, 1.54) is 24.4 Å². The van der Waals surface area contributed by atoms with Gasteiger partial charge in [-0.15, -0.1) is 5.10 Å². The topological polar surface area (TPSA) is 89.0 Å². The van der Waals surface area contributed by atoms with Crippen LogP contribution in [0, 0.1) is 6.92 Å². The fourth-order valence-electron chi connectivity index (χ4n) is 2.38. The lowest BCUT2D eigenvalue weighted by Crippen LogP contribution is -2.07. The number of ether oxygens (including phenoxy) is 1. The van der Waals surface area contributed by atoms with Crippen molar-refractivity contribution < 1.29 is 9.53 Å². The molecular formula is C19H19N5O2. The first-order valence-corrected chi connectivity index (χ1v) is 8.09. The van der Waals surface area contributed by atoms with Gasteiger partial charge in [0, 0.05) is 12.2 Å². The van der Waals surface area contributed by atoms with Crippen LogP contribution in [0.25, 0.3) is 0 Å². The number of nitrogens with zero attached hydrogens (tertiary/aromatic N) is 3. The van der Waals surface area contributed by atoms with E-state index in [1.54, 1.807) is 24.3 Å². The Balaban J connectivity index is 1.65. The summed E-state index contributed by atoms with van der Waals surface area (Å²) in [4.78, 5) is 15.9. The Labute approximate surface area is 151 Å².